The van der Waals surface area contributed by atoms with Gasteiger partial charge in [0.05, 0.1) is 12.2 Å². The number of nitrogens with zero attached hydrogens (tertiary/aromatic N) is 5. The second-order valence-electron chi connectivity index (χ2n) is 5.23. The monoisotopic (exact) mass is 412 g/mol. The average molecular weight is 412 g/mol. The van der Waals surface area contributed by atoms with Crippen LogP contribution < -0.4 is 5.73 Å². The van der Waals surface area contributed by atoms with E-state index in [-0.39, 0.29) is 24.0 Å². The van der Waals surface area contributed by atoms with Gasteiger partial charge in [0.15, 0.2) is 5.96 Å². The first-order chi connectivity index (χ1) is 10.3. The van der Waals surface area contributed by atoms with Gasteiger partial charge in [-0.2, -0.15) is 5.10 Å². The predicted molar refractivity (Wildman–Crippen MR) is 97.5 cm³/mol. The van der Waals surface area contributed by atoms with Gasteiger partial charge < -0.3 is 10.6 Å². The minimum atomic E-state index is 0. The molecule has 1 saturated heterocycles. The number of aromatic nitrogens is 3. The number of nitrogens with two attached hydrogens (primary N) is 1. The van der Waals surface area contributed by atoms with Crippen molar-refractivity contribution in [1.82, 2.24) is 19.7 Å². The highest BCUT2D eigenvalue weighted by atomic mass is 127. The van der Waals surface area contributed by atoms with Crippen molar-refractivity contribution in [3.8, 4) is 5.69 Å². The lowest BCUT2D eigenvalue weighted by Gasteiger charge is -2.27. The van der Waals surface area contributed by atoms with Crippen LogP contribution in [-0.4, -0.2) is 38.7 Å². The number of hydrogen-bond donors (Lipinski definition) is 1. The number of rotatable bonds is 3. The molecule has 1 aromatic carbocycles. The Morgan fingerprint density at radius 3 is 2.50 bits per heavy atom. The van der Waals surface area contributed by atoms with E-state index in [2.05, 4.69) is 20.0 Å². The minimum Gasteiger partial charge on any atom is -0.370 e. The first-order valence-corrected chi connectivity index (χ1v) is 7.32. The number of aliphatic imine (C=N–C) groups is 1. The zero-order chi connectivity index (χ0) is 14.5. The van der Waals surface area contributed by atoms with Crippen molar-refractivity contribution in [2.75, 3.05) is 13.1 Å². The summed E-state index contributed by atoms with van der Waals surface area (Å²) >= 11 is 0. The van der Waals surface area contributed by atoms with Crippen LogP contribution in [0.5, 0.6) is 0 Å². The molecule has 0 unspecified atom stereocenters. The highest BCUT2D eigenvalue weighted by Crippen LogP contribution is 2.11. The lowest BCUT2D eigenvalue weighted by molar-refractivity contribution is 0.338. The summed E-state index contributed by atoms with van der Waals surface area (Å²) in [5.74, 6) is 0.662. The molecule has 6 nitrogen and oxygen atoms in total. The summed E-state index contributed by atoms with van der Waals surface area (Å²) in [6, 6.07) is 8.11. The van der Waals surface area contributed by atoms with Crippen LogP contribution in [0.15, 0.2) is 41.9 Å². The summed E-state index contributed by atoms with van der Waals surface area (Å²) in [6.45, 7) is 2.67. The zero-order valence-corrected chi connectivity index (χ0v) is 14.8. The van der Waals surface area contributed by atoms with Gasteiger partial charge in [0.25, 0.3) is 0 Å². The lowest BCUT2D eigenvalue weighted by Crippen LogP contribution is -2.40. The van der Waals surface area contributed by atoms with Crippen molar-refractivity contribution in [1.29, 1.82) is 0 Å². The molecule has 0 radical (unpaired) electrons. The molecular formula is C15H21IN6. The Morgan fingerprint density at radius 2 is 1.86 bits per heavy atom. The highest BCUT2D eigenvalue weighted by Gasteiger charge is 2.11. The molecular weight excluding hydrogens is 391 g/mol. The summed E-state index contributed by atoms with van der Waals surface area (Å²) < 4.78 is 1.73. The Hall–Kier alpha value is -1.64. The van der Waals surface area contributed by atoms with Crippen molar-refractivity contribution in [2.45, 2.75) is 25.8 Å². The fraction of sp³-hybridized carbons (Fsp3) is 0.400. The number of piperidine rings is 1. The third-order valence-electron chi connectivity index (χ3n) is 3.72. The second kappa shape index (κ2) is 8.11. The van der Waals surface area contributed by atoms with E-state index < -0.39 is 0 Å². The smallest absolute Gasteiger partial charge is 0.191 e. The Bertz CT molecular complexity index is 587. The number of likely N-dealkylation sites (tertiary alicyclic amines) is 1. The van der Waals surface area contributed by atoms with Crippen molar-refractivity contribution in [3.63, 3.8) is 0 Å². The van der Waals surface area contributed by atoms with Gasteiger partial charge >= 0.3 is 0 Å². The molecule has 2 aromatic rings. The first-order valence-electron chi connectivity index (χ1n) is 7.32. The van der Waals surface area contributed by atoms with Gasteiger partial charge in [-0.25, -0.2) is 14.7 Å². The van der Waals surface area contributed by atoms with Gasteiger partial charge in [-0.1, -0.05) is 12.1 Å². The summed E-state index contributed by atoms with van der Waals surface area (Å²) in [6.07, 6.45) is 6.93. The van der Waals surface area contributed by atoms with Crippen molar-refractivity contribution >= 4 is 29.9 Å². The SMILES string of the molecule is I.NC(=NCc1ccc(-n2cncn2)cc1)N1CCCCC1. The summed E-state index contributed by atoms with van der Waals surface area (Å²) in [7, 11) is 0. The van der Waals surface area contributed by atoms with Crippen LogP contribution in [0.2, 0.25) is 0 Å². The van der Waals surface area contributed by atoms with E-state index in [1.54, 1.807) is 11.0 Å². The second-order valence-corrected chi connectivity index (χ2v) is 5.23. The van der Waals surface area contributed by atoms with E-state index in [0.29, 0.717) is 12.5 Å². The van der Waals surface area contributed by atoms with Crippen LogP contribution in [0.1, 0.15) is 24.8 Å². The molecule has 1 aliphatic heterocycles. The molecule has 22 heavy (non-hydrogen) atoms. The fourth-order valence-electron chi connectivity index (χ4n) is 2.49. The Morgan fingerprint density at radius 1 is 1.14 bits per heavy atom. The maximum absolute atomic E-state index is 6.06. The Balaban J connectivity index is 0.00000176. The van der Waals surface area contributed by atoms with E-state index in [0.717, 1.165) is 24.3 Å². The summed E-state index contributed by atoms with van der Waals surface area (Å²) in [4.78, 5) is 10.6. The maximum atomic E-state index is 6.06. The normalized spacial score (nSPS) is 15.5. The summed E-state index contributed by atoms with van der Waals surface area (Å²) in [5.41, 5.74) is 8.18. The van der Waals surface area contributed by atoms with Gasteiger partial charge in [-0.15, -0.1) is 24.0 Å². The topological polar surface area (TPSA) is 72.3 Å². The molecule has 2 heterocycles. The Kier molecular flexibility index (Phi) is 6.17. The minimum absolute atomic E-state index is 0. The van der Waals surface area contributed by atoms with Gasteiger partial charge in [-0.05, 0) is 37.0 Å². The molecule has 3 rings (SSSR count). The molecule has 0 spiro atoms. The highest BCUT2D eigenvalue weighted by molar-refractivity contribution is 14.0. The predicted octanol–water partition coefficient (Wildman–Crippen LogP) is 2.19. The molecule has 1 fully saturated rings. The van der Waals surface area contributed by atoms with Crippen LogP contribution in [-0.2, 0) is 6.54 Å². The molecule has 2 N–H and O–H groups in total. The van der Waals surface area contributed by atoms with E-state index in [1.807, 2.05) is 24.3 Å². The number of benzene rings is 1. The molecule has 118 valence electrons. The fourth-order valence-corrected chi connectivity index (χ4v) is 2.49. The van der Waals surface area contributed by atoms with Crippen LogP contribution in [0.4, 0.5) is 0 Å². The molecule has 0 aliphatic carbocycles. The van der Waals surface area contributed by atoms with Gasteiger partial charge in [-0.3, -0.25) is 0 Å². The van der Waals surface area contributed by atoms with E-state index in [9.17, 15) is 0 Å². The Labute approximate surface area is 147 Å². The van der Waals surface area contributed by atoms with Crippen LogP contribution in [0.3, 0.4) is 0 Å². The largest absolute Gasteiger partial charge is 0.370 e. The van der Waals surface area contributed by atoms with E-state index >= 15 is 0 Å². The molecule has 1 aliphatic rings. The maximum Gasteiger partial charge on any atom is 0.191 e. The quantitative estimate of drug-likeness (QED) is 0.477. The van der Waals surface area contributed by atoms with Crippen molar-refractivity contribution < 1.29 is 0 Å². The van der Waals surface area contributed by atoms with Gasteiger partial charge in [0.1, 0.15) is 12.7 Å². The molecule has 0 bridgehead atoms. The van der Waals surface area contributed by atoms with Crippen molar-refractivity contribution in [2.24, 2.45) is 10.7 Å². The lowest BCUT2D eigenvalue weighted by atomic mass is 10.1. The third-order valence-corrected chi connectivity index (χ3v) is 3.72. The van der Waals surface area contributed by atoms with E-state index in [1.165, 1.54) is 25.6 Å². The standard InChI is InChI=1S/C15H20N6.HI/c16-15(20-8-2-1-3-9-20)18-10-13-4-6-14(7-5-13)21-12-17-11-19-21;/h4-7,11-12H,1-3,8-10H2,(H2,16,18);1H. The number of hydrogen-bond acceptors (Lipinski definition) is 3. The van der Waals surface area contributed by atoms with E-state index in [4.69, 9.17) is 5.73 Å². The van der Waals surface area contributed by atoms with Gasteiger partial charge in [0.2, 0.25) is 0 Å². The summed E-state index contributed by atoms with van der Waals surface area (Å²) in [5, 5.41) is 4.10. The van der Waals surface area contributed by atoms with Crippen molar-refractivity contribution in [3.05, 3.63) is 42.5 Å². The molecule has 0 saturated carbocycles. The zero-order valence-electron chi connectivity index (χ0n) is 12.4. The van der Waals surface area contributed by atoms with Crippen LogP contribution in [0.25, 0.3) is 5.69 Å². The molecule has 0 atom stereocenters. The number of guanidine groups is 1. The molecule has 7 heteroatoms. The molecule has 0 amide bonds. The van der Waals surface area contributed by atoms with Crippen LogP contribution >= 0.6 is 24.0 Å². The third kappa shape index (κ3) is 4.19. The molecule has 1 aromatic heterocycles. The number of halogens is 1. The first kappa shape index (κ1) is 16.7. The van der Waals surface area contributed by atoms with Gasteiger partial charge in [0, 0.05) is 13.1 Å². The van der Waals surface area contributed by atoms with Crippen LogP contribution in [0, 0.1) is 0 Å². The average Bonchev–Trinajstić information content (AvgIpc) is 3.08.